The smallest absolute Gasteiger partial charge is 0.270 e. The Kier molecular flexibility index (Phi) is 7.72. The van der Waals surface area contributed by atoms with Gasteiger partial charge in [-0.15, -0.1) is 10.2 Å². The van der Waals surface area contributed by atoms with Gasteiger partial charge in [0.2, 0.25) is 11.0 Å². The van der Waals surface area contributed by atoms with Crippen molar-refractivity contribution < 1.29 is 14.5 Å². The number of rotatable bonds is 8. The van der Waals surface area contributed by atoms with Gasteiger partial charge in [0.1, 0.15) is 11.0 Å². The first-order chi connectivity index (χ1) is 15.7. The normalized spacial score (nSPS) is 12.6. The summed E-state index contributed by atoms with van der Waals surface area (Å²) < 4.78 is 0. The molecule has 2 unspecified atom stereocenters. The number of amides is 2. The lowest BCUT2D eigenvalue weighted by atomic mass is 9.98. The van der Waals surface area contributed by atoms with Crippen LogP contribution in [0.15, 0.2) is 42.5 Å². The lowest BCUT2D eigenvalue weighted by Crippen LogP contribution is -2.47. The Labute approximate surface area is 199 Å². The van der Waals surface area contributed by atoms with E-state index in [4.69, 9.17) is 11.6 Å². The number of nitrogens with one attached hydrogen (secondary N) is 2. The van der Waals surface area contributed by atoms with Gasteiger partial charge in [-0.1, -0.05) is 67.0 Å². The molecule has 9 nitrogen and oxygen atoms in total. The Morgan fingerprint density at radius 3 is 2.61 bits per heavy atom. The fourth-order valence-corrected chi connectivity index (χ4v) is 4.08. The van der Waals surface area contributed by atoms with Crippen LogP contribution >= 0.6 is 22.9 Å². The summed E-state index contributed by atoms with van der Waals surface area (Å²) in [6.07, 6.45) is 0.622. The van der Waals surface area contributed by atoms with Crippen molar-refractivity contribution in [3.63, 3.8) is 0 Å². The molecule has 2 atom stereocenters. The van der Waals surface area contributed by atoms with Gasteiger partial charge < -0.3 is 5.32 Å². The molecular formula is C22H22ClN5O4S. The Bertz CT molecular complexity index is 1200. The molecule has 2 N–H and O–H groups in total. The van der Waals surface area contributed by atoms with E-state index in [0.29, 0.717) is 16.6 Å². The van der Waals surface area contributed by atoms with Crippen molar-refractivity contribution in [2.24, 2.45) is 5.92 Å². The third-order valence-electron chi connectivity index (χ3n) is 5.11. The molecule has 3 rings (SSSR count). The molecule has 0 radical (unpaired) electrons. The van der Waals surface area contributed by atoms with E-state index in [1.54, 1.807) is 0 Å². The molecule has 33 heavy (non-hydrogen) atoms. The Morgan fingerprint density at radius 1 is 1.21 bits per heavy atom. The van der Waals surface area contributed by atoms with Crippen molar-refractivity contribution in [1.29, 1.82) is 0 Å². The van der Waals surface area contributed by atoms with E-state index in [2.05, 4.69) is 20.8 Å². The Morgan fingerprint density at radius 2 is 1.97 bits per heavy atom. The molecule has 11 heteroatoms. The highest BCUT2D eigenvalue weighted by Gasteiger charge is 2.28. The van der Waals surface area contributed by atoms with Crippen molar-refractivity contribution in [2.45, 2.75) is 33.2 Å². The summed E-state index contributed by atoms with van der Waals surface area (Å²) in [5, 5.41) is 25.4. The fourth-order valence-electron chi connectivity index (χ4n) is 3.07. The standard InChI is InChI=1S/C22H22ClN5O4S/c1-4-13(3)18(24-19(29)16-9-8-15(28(31)32)11-17(16)23)20(30)25-22-27-26-21(33-22)14-7-5-6-12(2)10-14/h5-11,13,18H,4H2,1-3H3,(H,24,29)(H,25,27,30). The molecule has 0 aliphatic rings. The van der Waals surface area contributed by atoms with Gasteiger partial charge in [0, 0.05) is 17.7 Å². The summed E-state index contributed by atoms with van der Waals surface area (Å²) in [7, 11) is 0. The molecule has 1 heterocycles. The van der Waals surface area contributed by atoms with Crippen LogP contribution in [0.1, 0.15) is 36.2 Å². The van der Waals surface area contributed by atoms with Gasteiger partial charge in [0.05, 0.1) is 15.5 Å². The molecule has 0 fully saturated rings. The van der Waals surface area contributed by atoms with Crippen LogP contribution in [0.2, 0.25) is 5.02 Å². The Balaban J connectivity index is 1.76. The number of anilines is 1. The van der Waals surface area contributed by atoms with Gasteiger partial charge in [-0.05, 0) is 25.0 Å². The minimum absolute atomic E-state index is 0.0426. The number of benzene rings is 2. The van der Waals surface area contributed by atoms with E-state index in [9.17, 15) is 19.7 Å². The lowest BCUT2D eigenvalue weighted by molar-refractivity contribution is -0.384. The van der Waals surface area contributed by atoms with Crippen molar-refractivity contribution >= 4 is 45.6 Å². The third kappa shape index (κ3) is 5.91. The highest BCUT2D eigenvalue weighted by atomic mass is 35.5. The van der Waals surface area contributed by atoms with Gasteiger partial charge in [-0.2, -0.15) is 0 Å². The van der Waals surface area contributed by atoms with Gasteiger partial charge >= 0.3 is 0 Å². The van der Waals surface area contributed by atoms with Crippen LogP contribution in [-0.4, -0.2) is 33.0 Å². The van der Waals surface area contributed by atoms with Crippen LogP contribution in [0.25, 0.3) is 10.6 Å². The fraction of sp³-hybridized carbons (Fsp3) is 0.273. The molecule has 0 bridgehead atoms. The van der Waals surface area contributed by atoms with Crippen molar-refractivity contribution in [2.75, 3.05) is 5.32 Å². The van der Waals surface area contributed by atoms with Crippen LogP contribution in [0, 0.1) is 23.0 Å². The molecule has 0 saturated heterocycles. The number of nitrogens with zero attached hydrogens (tertiary/aromatic N) is 3. The summed E-state index contributed by atoms with van der Waals surface area (Å²) in [4.78, 5) is 36.1. The maximum Gasteiger partial charge on any atom is 0.270 e. The molecule has 1 aromatic heterocycles. The second-order valence-corrected chi connectivity index (χ2v) is 8.91. The zero-order chi connectivity index (χ0) is 24.1. The number of hydrogen-bond donors (Lipinski definition) is 2. The number of hydrogen-bond acceptors (Lipinski definition) is 7. The first kappa shape index (κ1) is 24.3. The van der Waals surface area contributed by atoms with Crippen LogP contribution in [-0.2, 0) is 4.79 Å². The highest BCUT2D eigenvalue weighted by molar-refractivity contribution is 7.18. The predicted octanol–water partition coefficient (Wildman–Crippen LogP) is 4.86. The number of aryl methyl sites for hydroxylation is 1. The minimum Gasteiger partial charge on any atom is -0.340 e. The molecule has 0 aliphatic carbocycles. The molecule has 0 saturated carbocycles. The molecule has 3 aromatic rings. The molecule has 2 amide bonds. The summed E-state index contributed by atoms with van der Waals surface area (Å²) in [6.45, 7) is 5.71. The van der Waals surface area contributed by atoms with E-state index in [1.165, 1.54) is 23.5 Å². The van der Waals surface area contributed by atoms with E-state index >= 15 is 0 Å². The van der Waals surface area contributed by atoms with E-state index in [1.807, 2.05) is 45.0 Å². The average Bonchev–Trinajstić information content (AvgIpc) is 3.25. The monoisotopic (exact) mass is 487 g/mol. The first-order valence-electron chi connectivity index (χ1n) is 10.2. The summed E-state index contributed by atoms with van der Waals surface area (Å²) in [5.74, 6) is -1.24. The largest absolute Gasteiger partial charge is 0.340 e. The number of carbonyl (C=O) groups is 2. The molecule has 2 aromatic carbocycles. The van der Waals surface area contributed by atoms with Crippen LogP contribution in [0.4, 0.5) is 10.8 Å². The number of non-ortho nitro benzene ring substituents is 1. The average molecular weight is 488 g/mol. The maximum absolute atomic E-state index is 13.0. The Hall–Kier alpha value is -3.37. The highest BCUT2D eigenvalue weighted by Crippen LogP contribution is 2.27. The summed E-state index contributed by atoms with van der Waals surface area (Å²) in [6, 6.07) is 10.5. The number of nitro groups is 1. The van der Waals surface area contributed by atoms with Crippen molar-refractivity contribution in [3.8, 4) is 10.6 Å². The number of aromatic nitrogens is 2. The second-order valence-electron chi connectivity index (χ2n) is 7.53. The SMILES string of the molecule is CCC(C)C(NC(=O)c1ccc([N+](=O)[O-])cc1Cl)C(=O)Nc1nnc(-c2cccc(C)c2)s1. The molecular weight excluding hydrogens is 466 g/mol. The van der Waals surface area contributed by atoms with Gasteiger partial charge in [-0.3, -0.25) is 25.0 Å². The maximum atomic E-state index is 13.0. The first-order valence-corrected chi connectivity index (χ1v) is 11.3. The van der Waals surface area contributed by atoms with Crippen LogP contribution < -0.4 is 10.6 Å². The van der Waals surface area contributed by atoms with Crippen molar-refractivity contribution in [3.05, 3.63) is 68.7 Å². The summed E-state index contributed by atoms with van der Waals surface area (Å²) >= 11 is 7.29. The minimum atomic E-state index is -0.875. The lowest BCUT2D eigenvalue weighted by Gasteiger charge is -2.23. The number of nitro benzene ring substituents is 1. The third-order valence-corrected chi connectivity index (χ3v) is 6.31. The topological polar surface area (TPSA) is 127 Å². The van der Waals surface area contributed by atoms with E-state index < -0.39 is 22.8 Å². The molecule has 0 spiro atoms. The molecule has 172 valence electrons. The van der Waals surface area contributed by atoms with Crippen LogP contribution in [0.5, 0.6) is 0 Å². The number of halogens is 1. The predicted molar refractivity (Wildman–Crippen MR) is 128 cm³/mol. The zero-order valence-electron chi connectivity index (χ0n) is 18.2. The molecule has 0 aliphatic heterocycles. The number of carbonyl (C=O) groups excluding carboxylic acids is 2. The van der Waals surface area contributed by atoms with E-state index in [-0.39, 0.29) is 22.2 Å². The van der Waals surface area contributed by atoms with Gasteiger partial charge in [0.25, 0.3) is 11.6 Å². The van der Waals surface area contributed by atoms with Gasteiger partial charge in [-0.25, -0.2) is 0 Å². The van der Waals surface area contributed by atoms with Crippen molar-refractivity contribution in [1.82, 2.24) is 15.5 Å². The second kappa shape index (κ2) is 10.5. The zero-order valence-corrected chi connectivity index (χ0v) is 19.7. The van der Waals surface area contributed by atoms with Gasteiger partial charge in [0.15, 0.2) is 0 Å². The van der Waals surface area contributed by atoms with E-state index in [0.717, 1.165) is 17.2 Å². The summed E-state index contributed by atoms with van der Waals surface area (Å²) in [5.41, 5.74) is 1.79. The quantitative estimate of drug-likeness (QED) is 0.345. The van der Waals surface area contributed by atoms with Crippen LogP contribution in [0.3, 0.4) is 0 Å².